The SMILES string of the molecule is COc1ccc(F)c(F)c1C(=O)NCCc1cnn(-c2ccccc2)c1. The van der Waals surface area contributed by atoms with E-state index in [2.05, 4.69) is 10.4 Å². The number of carbonyl (C=O) groups is 1. The number of halogens is 2. The Morgan fingerprint density at radius 2 is 1.96 bits per heavy atom. The molecule has 1 N–H and O–H groups in total. The van der Waals surface area contributed by atoms with Gasteiger partial charge in [-0.3, -0.25) is 4.79 Å². The van der Waals surface area contributed by atoms with Gasteiger partial charge in [0.2, 0.25) is 0 Å². The molecule has 0 fully saturated rings. The van der Waals surface area contributed by atoms with Crippen LogP contribution in [0.1, 0.15) is 15.9 Å². The molecular formula is C19H17F2N3O2. The van der Waals surface area contributed by atoms with Crippen LogP contribution in [0.4, 0.5) is 8.78 Å². The summed E-state index contributed by atoms with van der Waals surface area (Å²) in [6.45, 7) is 0.248. The van der Waals surface area contributed by atoms with Crippen LogP contribution >= 0.6 is 0 Å². The maximum atomic E-state index is 13.9. The van der Waals surface area contributed by atoms with Crippen molar-refractivity contribution < 1.29 is 18.3 Å². The van der Waals surface area contributed by atoms with Crippen LogP contribution in [0.15, 0.2) is 54.9 Å². The van der Waals surface area contributed by atoms with Crippen molar-refractivity contribution in [1.29, 1.82) is 0 Å². The molecule has 0 aliphatic rings. The fraction of sp³-hybridized carbons (Fsp3) is 0.158. The Morgan fingerprint density at radius 3 is 2.69 bits per heavy atom. The first-order valence-electron chi connectivity index (χ1n) is 7.99. The average molecular weight is 357 g/mol. The predicted octanol–water partition coefficient (Wildman–Crippen LogP) is 3.13. The minimum Gasteiger partial charge on any atom is -0.496 e. The zero-order valence-corrected chi connectivity index (χ0v) is 14.1. The van der Waals surface area contributed by atoms with Crippen LogP contribution in [0.2, 0.25) is 0 Å². The van der Waals surface area contributed by atoms with Crippen molar-refractivity contribution in [2.24, 2.45) is 0 Å². The van der Waals surface area contributed by atoms with Crippen LogP contribution in [-0.4, -0.2) is 29.3 Å². The second-order valence-corrected chi connectivity index (χ2v) is 5.57. The predicted molar refractivity (Wildman–Crippen MR) is 92.5 cm³/mol. The second kappa shape index (κ2) is 7.77. The summed E-state index contributed by atoms with van der Waals surface area (Å²) in [4.78, 5) is 12.2. The Balaban J connectivity index is 1.63. The van der Waals surface area contributed by atoms with E-state index in [0.717, 1.165) is 17.3 Å². The van der Waals surface area contributed by atoms with E-state index < -0.39 is 23.1 Å². The van der Waals surface area contributed by atoms with Crippen molar-refractivity contribution in [3.8, 4) is 11.4 Å². The molecule has 2 aromatic carbocycles. The largest absolute Gasteiger partial charge is 0.496 e. The van der Waals surface area contributed by atoms with Crippen LogP contribution < -0.4 is 10.1 Å². The van der Waals surface area contributed by atoms with E-state index in [-0.39, 0.29) is 12.3 Å². The fourth-order valence-electron chi connectivity index (χ4n) is 2.53. The van der Waals surface area contributed by atoms with Gasteiger partial charge in [0.05, 0.1) is 19.0 Å². The van der Waals surface area contributed by atoms with Crippen LogP contribution in [0, 0.1) is 11.6 Å². The molecule has 134 valence electrons. The lowest BCUT2D eigenvalue weighted by atomic mass is 10.1. The van der Waals surface area contributed by atoms with Crippen LogP contribution in [0.5, 0.6) is 5.75 Å². The summed E-state index contributed by atoms with van der Waals surface area (Å²) in [6, 6.07) is 11.7. The van der Waals surface area contributed by atoms with Gasteiger partial charge in [0.1, 0.15) is 11.3 Å². The molecule has 0 radical (unpaired) electrons. The van der Waals surface area contributed by atoms with Crippen LogP contribution in [0.25, 0.3) is 5.69 Å². The van der Waals surface area contributed by atoms with E-state index in [1.165, 1.54) is 13.2 Å². The molecule has 0 saturated heterocycles. The van der Waals surface area contributed by atoms with Crippen molar-refractivity contribution in [2.45, 2.75) is 6.42 Å². The molecular weight excluding hydrogens is 340 g/mol. The molecule has 26 heavy (non-hydrogen) atoms. The highest BCUT2D eigenvalue weighted by atomic mass is 19.2. The summed E-state index contributed by atoms with van der Waals surface area (Å²) in [7, 11) is 1.29. The Hall–Kier alpha value is -3.22. The Labute approximate surface area is 149 Å². The maximum Gasteiger partial charge on any atom is 0.258 e. The molecule has 0 bridgehead atoms. The summed E-state index contributed by atoms with van der Waals surface area (Å²) in [5.41, 5.74) is 1.39. The second-order valence-electron chi connectivity index (χ2n) is 5.57. The topological polar surface area (TPSA) is 56.1 Å². The number of methoxy groups -OCH3 is 1. The zero-order chi connectivity index (χ0) is 18.5. The molecule has 5 nitrogen and oxygen atoms in total. The highest BCUT2D eigenvalue weighted by molar-refractivity contribution is 5.97. The highest BCUT2D eigenvalue weighted by Gasteiger charge is 2.20. The van der Waals surface area contributed by atoms with Crippen molar-refractivity contribution >= 4 is 5.91 Å². The van der Waals surface area contributed by atoms with E-state index >= 15 is 0 Å². The lowest BCUT2D eigenvalue weighted by Gasteiger charge is -2.10. The molecule has 0 unspecified atom stereocenters. The van der Waals surface area contributed by atoms with E-state index in [1.54, 1.807) is 10.9 Å². The van der Waals surface area contributed by atoms with Gasteiger partial charge in [-0.1, -0.05) is 18.2 Å². The molecule has 1 amide bonds. The number of para-hydroxylation sites is 1. The number of amides is 1. The maximum absolute atomic E-state index is 13.9. The molecule has 1 aromatic heterocycles. The van der Waals surface area contributed by atoms with Gasteiger partial charge in [-0.15, -0.1) is 0 Å². The third-order valence-electron chi connectivity index (χ3n) is 3.86. The molecule has 0 atom stereocenters. The molecule has 0 saturated carbocycles. The summed E-state index contributed by atoms with van der Waals surface area (Å²) in [5.74, 6) is -3.06. The summed E-state index contributed by atoms with van der Waals surface area (Å²) in [5, 5.41) is 6.85. The van der Waals surface area contributed by atoms with Crippen molar-refractivity contribution in [2.75, 3.05) is 13.7 Å². The van der Waals surface area contributed by atoms with Crippen molar-refractivity contribution in [1.82, 2.24) is 15.1 Å². The first kappa shape index (κ1) is 17.6. The van der Waals surface area contributed by atoms with Gasteiger partial charge >= 0.3 is 0 Å². The lowest BCUT2D eigenvalue weighted by molar-refractivity contribution is 0.0945. The third kappa shape index (κ3) is 3.72. The van der Waals surface area contributed by atoms with Gasteiger partial charge in [-0.2, -0.15) is 5.10 Å². The van der Waals surface area contributed by atoms with Gasteiger partial charge in [0, 0.05) is 12.7 Å². The fourth-order valence-corrected chi connectivity index (χ4v) is 2.53. The molecule has 7 heteroatoms. The molecule has 0 aliphatic heterocycles. The Kier molecular flexibility index (Phi) is 5.26. The van der Waals surface area contributed by atoms with E-state index in [9.17, 15) is 13.6 Å². The van der Waals surface area contributed by atoms with Crippen LogP contribution in [-0.2, 0) is 6.42 Å². The number of hydrogen-bond donors (Lipinski definition) is 1. The smallest absolute Gasteiger partial charge is 0.258 e. The number of nitrogens with zero attached hydrogens (tertiary/aromatic N) is 2. The standard InChI is InChI=1S/C19H17F2N3O2/c1-26-16-8-7-15(20)18(21)17(16)19(25)22-10-9-13-11-23-24(12-13)14-5-3-2-4-6-14/h2-8,11-12H,9-10H2,1H3,(H,22,25). The number of ether oxygens (including phenoxy) is 1. The average Bonchev–Trinajstić information content (AvgIpc) is 3.13. The quantitative estimate of drug-likeness (QED) is 0.737. The number of hydrogen-bond acceptors (Lipinski definition) is 3. The van der Waals surface area contributed by atoms with Crippen molar-refractivity contribution in [3.05, 3.63) is 77.6 Å². The number of carbonyl (C=O) groups excluding carboxylic acids is 1. The van der Waals surface area contributed by atoms with Gasteiger partial charge in [-0.25, -0.2) is 13.5 Å². The van der Waals surface area contributed by atoms with Gasteiger partial charge in [0.15, 0.2) is 11.6 Å². The summed E-state index contributed by atoms with van der Waals surface area (Å²) < 4.78 is 34.0. The number of rotatable bonds is 6. The third-order valence-corrected chi connectivity index (χ3v) is 3.86. The Bertz CT molecular complexity index is 910. The minimum absolute atomic E-state index is 0.0155. The van der Waals surface area contributed by atoms with Crippen molar-refractivity contribution in [3.63, 3.8) is 0 Å². The van der Waals surface area contributed by atoms with Gasteiger partial charge in [0.25, 0.3) is 5.91 Å². The monoisotopic (exact) mass is 357 g/mol. The normalized spacial score (nSPS) is 10.6. The van der Waals surface area contributed by atoms with E-state index in [4.69, 9.17) is 4.74 Å². The number of benzene rings is 2. The van der Waals surface area contributed by atoms with Gasteiger partial charge in [-0.05, 0) is 36.2 Å². The minimum atomic E-state index is -1.22. The van der Waals surface area contributed by atoms with Gasteiger partial charge < -0.3 is 10.1 Å². The van der Waals surface area contributed by atoms with Crippen LogP contribution in [0.3, 0.4) is 0 Å². The first-order chi connectivity index (χ1) is 12.6. The lowest BCUT2D eigenvalue weighted by Crippen LogP contribution is -2.27. The van der Waals surface area contributed by atoms with E-state index in [1.807, 2.05) is 36.5 Å². The molecule has 3 rings (SSSR count). The number of nitrogens with one attached hydrogen (secondary N) is 1. The summed E-state index contributed by atoms with van der Waals surface area (Å²) in [6.07, 6.45) is 4.05. The first-order valence-corrected chi connectivity index (χ1v) is 7.99. The molecule has 0 aliphatic carbocycles. The molecule has 1 heterocycles. The zero-order valence-electron chi connectivity index (χ0n) is 14.1. The Morgan fingerprint density at radius 1 is 1.19 bits per heavy atom. The molecule has 3 aromatic rings. The highest BCUT2D eigenvalue weighted by Crippen LogP contribution is 2.23. The summed E-state index contributed by atoms with van der Waals surface area (Å²) >= 11 is 0. The number of aromatic nitrogens is 2. The van der Waals surface area contributed by atoms with E-state index in [0.29, 0.717) is 6.42 Å². The molecule has 0 spiro atoms.